The molecular formula is C28H45N3O. The first kappa shape index (κ1) is 23.8. The maximum absolute atomic E-state index is 6.12. The fraction of sp³-hybridized carbons (Fsp3) is 0.714. The highest BCUT2D eigenvalue weighted by molar-refractivity contribution is 5.79. The average molecular weight is 440 g/mol. The first-order chi connectivity index (χ1) is 15.3. The van der Waals surface area contributed by atoms with Crippen molar-refractivity contribution in [2.75, 3.05) is 57.3 Å². The predicted molar refractivity (Wildman–Crippen MR) is 136 cm³/mol. The minimum absolute atomic E-state index is 0.160. The maximum atomic E-state index is 6.12. The lowest BCUT2D eigenvalue weighted by molar-refractivity contribution is 0.0277. The SMILES string of the molecule is CCCCN1CCN(c2ccc(C3CNCCO3)cc2C2=CC(C)(C)CC(C)(C)C2)CC1. The molecule has 0 bridgehead atoms. The minimum Gasteiger partial charge on any atom is -0.371 e. The van der Waals surface area contributed by atoms with Gasteiger partial charge in [-0.3, -0.25) is 4.90 Å². The van der Waals surface area contributed by atoms with Gasteiger partial charge in [0.1, 0.15) is 0 Å². The molecule has 4 nitrogen and oxygen atoms in total. The summed E-state index contributed by atoms with van der Waals surface area (Å²) >= 11 is 0. The molecule has 0 aromatic heterocycles. The van der Waals surface area contributed by atoms with Crippen LogP contribution in [0.4, 0.5) is 5.69 Å². The van der Waals surface area contributed by atoms with Gasteiger partial charge in [-0.05, 0) is 59.9 Å². The van der Waals surface area contributed by atoms with Gasteiger partial charge in [0.15, 0.2) is 0 Å². The topological polar surface area (TPSA) is 27.7 Å². The van der Waals surface area contributed by atoms with Crippen molar-refractivity contribution in [3.63, 3.8) is 0 Å². The Morgan fingerprint density at radius 3 is 2.53 bits per heavy atom. The molecule has 1 N–H and O–H groups in total. The van der Waals surface area contributed by atoms with E-state index in [9.17, 15) is 0 Å². The number of unbranched alkanes of at least 4 members (excludes halogenated alkanes) is 1. The Balaban J connectivity index is 1.65. The summed E-state index contributed by atoms with van der Waals surface area (Å²) in [6, 6.07) is 7.17. The second kappa shape index (κ2) is 9.87. The van der Waals surface area contributed by atoms with Gasteiger partial charge in [0, 0.05) is 50.5 Å². The number of hydrogen-bond acceptors (Lipinski definition) is 4. The number of hydrogen-bond donors (Lipinski definition) is 1. The molecule has 2 aliphatic heterocycles. The number of nitrogens with zero attached hydrogens (tertiary/aromatic N) is 2. The average Bonchev–Trinajstić information content (AvgIpc) is 2.76. The lowest BCUT2D eigenvalue weighted by atomic mass is 9.65. The van der Waals surface area contributed by atoms with Crippen molar-refractivity contribution in [3.8, 4) is 0 Å². The summed E-state index contributed by atoms with van der Waals surface area (Å²) in [6.45, 7) is 20.5. The van der Waals surface area contributed by atoms with Crippen molar-refractivity contribution in [2.45, 2.75) is 66.4 Å². The molecule has 2 saturated heterocycles. The number of allylic oxidation sites excluding steroid dienone is 2. The Morgan fingerprint density at radius 1 is 1.09 bits per heavy atom. The van der Waals surface area contributed by atoms with E-state index in [2.05, 4.69) is 74.0 Å². The monoisotopic (exact) mass is 439 g/mol. The fourth-order valence-corrected chi connectivity index (χ4v) is 6.22. The standard InChI is InChI=1S/C28H45N3O/c1-6-7-11-30-12-14-31(15-13-30)25-9-8-22(26-20-29-10-16-32-26)17-24(25)23-18-27(2,3)21-28(4,5)19-23/h8-9,17-18,26,29H,6-7,10-16,19-21H2,1-5H3. The Hall–Kier alpha value is -1.36. The first-order valence-corrected chi connectivity index (χ1v) is 12.9. The van der Waals surface area contributed by atoms with Crippen LogP contribution in [-0.2, 0) is 4.74 Å². The Labute approximate surface area is 196 Å². The third-order valence-corrected chi connectivity index (χ3v) is 7.37. The minimum atomic E-state index is 0.160. The molecule has 0 spiro atoms. The quantitative estimate of drug-likeness (QED) is 0.633. The molecule has 1 aromatic carbocycles. The Bertz CT molecular complexity index is 799. The van der Waals surface area contributed by atoms with Gasteiger partial charge in [0.25, 0.3) is 0 Å². The Kier molecular flexibility index (Phi) is 7.33. The smallest absolute Gasteiger partial charge is 0.0950 e. The van der Waals surface area contributed by atoms with Crippen LogP contribution in [0.15, 0.2) is 24.3 Å². The van der Waals surface area contributed by atoms with Crippen molar-refractivity contribution in [3.05, 3.63) is 35.4 Å². The molecular weight excluding hydrogens is 394 g/mol. The normalized spacial score (nSPS) is 26.1. The van der Waals surface area contributed by atoms with E-state index in [4.69, 9.17) is 4.74 Å². The van der Waals surface area contributed by atoms with E-state index in [0.29, 0.717) is 5.41 Å². The molecule has 0 amide bonds. The number of piperazine rings is 1. The van der Waals surface area contributed by atoms with Crippen LogP contribution in [0.3, 0.4) is 0 Å². The van der Waals surface area contributed by atoms with E-state index in [1.165, 1.54) is 61.3 Å². The number of morpholine rings is 1. The van der Waals surface area contributed by atoms with Crippen LogP contribution >= 0.6 is 0 Å². The summed E-state index contributed by atoms with van der Waals surface area (Å²) in [5.74, 6) is 0. The van der Waals surface area contributed by atoms with Crippen molar-refractivity contribution in [2.24, 2.45) is 10.8 Å². The summed E-state index contributed by atoms with van der Waals surface area (Å²) in [5, 5.41) is 3.50. The number of benzene rings is 1. The van der Waals surface area contributed by atoms with Gasteiger partial charge in [-0.25, -0.2) is 0 Å². The number of rotatable bonds is 6. The Morgan fingerprint density at radius 2 is 1.88 bits per heavy atom. The number of anilines is 1. The van der Waals surface area contributed by atoms with Crippen LogP contribution in [0.1, 0.15) is 77.5 Å². The third kappa shape index (κ3) is 5.76. The van der Waals surface area contributed by atoms with Crippen molar-refractivity contribution in [1.29, 1.82) is 0 Å². The first-order valence-electron chi connectivity index (χ1n) is 12.9. The number of nitrogens with one attached hydrogen (secondary N) is 1. The van der Waals surface area contributed by atoms with Crippen molar-refractivity contribution >= 4 is 11.3 Å². The van der Waals surface area contributed by atoms with Gasteiger partial charge in [-0.1, -0.05) is 53.2 Å². The van der Waals surface area contributed by atoms with Gasteiger partial charge in [-0.15, -0.1) is 0 Å². The highest BCUT2D eigenvalue weighted by atomic mass is 16.5. The van der Waals surface area contributed by atoms with Gasteiger partial charge in [-0.2, -0.15) is 0 Å². The highest BCUT2D eigenvalue weighted by Gasteiger charge is 2.35. The molecule has 1 atom stereocenters. The largest absolute Gasteiger partial charge is 0.371 e. The summed E-state index contributed by atoms with van der Waals surface area (Å²) in [6.07, 6.45) is 7.71. The van der Waals surface area contributed by atoms with E-state index in [-0.39, 0.29) is 11.5 Å². The molecule has 3 aliphatic rings. The van der Waals surface area contributed by atoms with E-state index >= 15 is 0 Å². The lowest BCUT2D eigenvalue weighted by Gasteiger charge is -2.41. The highest BCUT2D eigenvalue weighted by Crippen LogP contribution is 2.49. The van der Waals surface area contributed by atoms with E-state index in [1.807, 2.05) is 0 Å². The molecule has 2 fully saturated rings. The van der Waals surface area contributed by atoms with Gasteiger partial charge >= 0.3 is 0 Å². The lowest BCUT2D eigenvalue weighted by Crippen LogP contribution is -2.47. The van der Waals surface area contributed by atoms with Gasteiger partial charge < -0.3 is 15.0 Å². The maximum Gasteiger partial charge on any atom is 0.0950 e. The van der Waals surface area contributed by atoms with Crippen LogP contribution in [0.2, 0.25) is 0 Å². The molecule has 4 rings (SSSR count). The van der Waals surface area contributed by atoms with Gasteiger partial charge in [0.05, 0.1) is 12.7 Å². The molecule has 0 radical (unpaired) electrons. The van der Waals surface area contributed by atoms with Crippen LogP contribution in [-0.4, -0.2) is 57.3 Å². The third-order valence-electron chi connectivity index (χ3n) is 7.37. The zero-order valence-electron chi connectivity index (χ0n) is 21.2. The predicted octanol–water partition coefficient (Wildman–Crippen LogP) is 5.50. The molecule has 1 unspecified atom stereocenters. The second-order valence-corrected chi connectivity index (χ2v) is 11.7. The van der Waals surface area contributed by atoms with Crippen LogP contribution < -0.4 is 10.2 Å². The summed E-state index contributed by atoms with van der Waals surface area (Å²) in [5.41, 5.74) is 6.26. The van der Waals surface area contributed by atoms with Gasteiger partial charge in [0.2, 0.25) is 0 Å². The molecule has 32 heavy (non-hydrogen) atoms. The van der Waals surface area contributed by atoms with E-state index < -0.39 is 0 Å². The molecule has 4 heteroatoms. The molecule has 178 valence electrons. The molecule has 1 aliphatic carbocycles. The van der Waals surface area contributed by atoms with E-state index in [0.717, 1.165) is 39.2 Å². The van der Waals surface area contributed by atoms with Crippen LogP contribution in [0.25, 0.3) is 5.57 Å². The second-order valence-electron chi connectivity index (χ2n) is 11.7. The molecule has 0 saturated carbocycles. The summed E-state index contributed by atoms with van der Waals surface area (Å²) < 4.78 is 6.12. The summed E-state index contributed by atoms with van der Waals surface area (Å²) in [4.78, 5) is 5.28. The zero-order valence-corrected chi connectivity index (χ0v) is 21.2. The van der Waals surface area contributed by atoms with Crippen LogP contribution in [0.5, 0.6) is 0 Å². The fourth-order valence-electron chi connectivity index (χ4n) is 6.22. The molecule has 2 heterocycles. The van der Waals surface area contributed by atoms with Crippen LogP contribution in [0, 0.1) is 10.8 Å². The summed E-state index contributed by atoms with van der Waals surface area (Å²) in [7, 11) is 0. The van der Waals surface area contributed by atoms with E-state index in [1.54, 1.807) is 0 Å². The molecule has 1 aromatic rings. The van der Waals surface area contributed by atoms with Crippen molar-refractivity contribution < 1.29 is 4.74 Å². The zero-order chi connectivity index (χ0) is 22.8. The van der Waals surface area contributed by atoms with Crippen molar-refractivity contribution in [1.82, 2.24) is 10.2 Å². The number of ether oxygens (including phenoxy) is 1.